The number of aryl methyl sites for hydroxylation is 1. The van der Waals surface area contributed by atoms with Crippen LogP contribution in [0.3, 0.4) is 0 Å². The molecule has 5 nitrogen and oxygen atoms in total. The number of fused-ring (bicyclic) bond motifs is 1. The molecule has 22 heavy (non-hydrogen) atoms. The monoisotopic (exact) mass is 314 g/mol. The number of hydrogen-bond acceptors (Lipinski definition) is 4. The molecule has 0 aromatic carbocycles. The molecule has 0 aliphatic carbocycles. The summed E-state index contributed by atoms with van der Waals surface area (Å²) in [4.78, 5) is 23.0. The summed E-state index contributed by atoms with van der Waals surface area (Å²) in [5.74, 6) is 0.0611. The van der Waals surface area contributed by atoms with Gasteiger partial charge < -0.3 is 9.30 Å². The van der Waals surface area contributed by atoms with Gasteiger partial charge in [0.25, 0.3) is 0 Å². The van der Waals surface area contributed by atoms with Crippen molar-refractivity contribution in [1.29, 1.82) is 0 Å². The minimum absolute atomic E-state index is 0.0200. The highest BCUT2D eigenvalue weighted by molar-refractivity contribution is 7.09. The lowest BCUT2D eigenvalue weighted by molar-refractivity contribution is -0.131. The van der Waals surface area contributed by atoms with Gasteiger partial charge in [-0.15, -0.1) is 11.3 Å². The van der Waals surface area contributed by atoms with E-state index < -0.39 is 0 Å². The molecule has 0 fully saturated rings. The molecule has 0 saturated carbocycles. The summed E-state index contributed by atoms with van der Waals surface area (Å²) in [6, 6.07) is 3.97. The highest BCUT2D eigenvalue weighted by Crippen LogP contribution is 2.21. The summed E-state index contributed by atoms with van der Waals surface area (Å²) in [5.41, 5.74) is 2.91. The second-order valence-corrected chi connectivity index (χ2v) is 6.29. The van der Waals surface area contributed by atoms with E-state index in [1.165, 1.54) is 0 Å². The number of imidazole rings is 1. The first-order chi connectivity index (χ1) is 10.6. The van der Waals surface area contributed by atoms with Gasteiger partial charge in [-0.3, -0.25) is 4.79 Å². The van der Waals surface area contributed by atoms with Crippen LogP contribution in [0.5, 0.6) is 0 Å². The standard InChI is InChI=1S/C16H18N4OS/c1-11-5-4-7-20-13(10-18-15(11)20)9-14(21)19(3)12(2)16-17-6-8-22-16/h4-8,10,12H,9H2,1-3H3/t12-/m0/s1. The van der Waals surface area contributed by atoms with Gasteiger partial charge in [-0.05, 0) is 25.5 Å². The number of likely N-dealkylation sites (N-methyl/N-ethyl adjacent to an activating group) is 1. The number of carbonyl (C=O) groups excluding carboxylic acids is 1. The number of carbonyl (C=O) groups is 1. The minimum atomic E-state index is -0.0200. The maximum absolute atomic E-state index is 12.5. The van der Waals surface area contributed by atoms with Crippen molar-refractivity contribution in [2.75, 3.05) is 7.05 Å². The molecular weight excluding hydrogens is 296 g/mol. The van der Waals surface area contributed by atoms with Crippen LogP contribution in [0.15, 0.2) is 36.1 Å². The lowest BCUT2D eigenvalue weighted by Crippen LogP contribution is -2.31. The van der Waals surface area contributed by atoms with Gasteiger partial charge in [0, 0.05) is 31.0 Å². The Morgan fingerprint density at radius 1 is 1.45 bits per heavy atom. The molecule has 0 N–H and O–H groups in total. The van der Waals surface area contributed by atoms with Crippen molar-refractivity contribution in [3.63, 3.8) is 0 Å². The van der Waals surface area contributed by atoms with Crippen molar-refractivity contribution in [1.82, 2.24) is 19.3 Å². The Bertz CT molecular complexity index is 794. The third-order valence-corrected chi connectivity index (χ3v) is 4.87. The Morgan fingerprint density at radius 3 is 3.00 bits per heavy atom. The Balaban J connectivity index is 1.80. The molecule has 0 aliphatic rings. The van der Waals surface area contributed by atoms with Gasteiger partial charge >= 0.3 is 0 Å². The SMILES string of the molecule is Cc1cccn2c(CC(=O)N(C)[C@@H](C)c3nccs3)cnc12. The summed E-state index contributed by atoms with van der Waals surface area (Å²) < 4.78 is 1.98. The zero-order valence-corrected chi connectivity index (χ0v) is 13.7. The Hall–Kier alpha value is -2.21. The van der Waals surface area contributed by atoms with E-state index in [1.54, 1.807) is 28.6 Å². The smallest absolute Gasteiger partial charge is 0.228 e. The number of amides is 1. The lowest BCUT2D eigenvalue weighted by atomic mass is 10.2. The number of thiazole rings is 1. The average molecular weight is 314 g/mol. The quantitative estimate of drug-likeness (QED) is 0.744. The molecule has 0 saturated heterocycles. The fraction of sp³-hybridized carbons (Fsp3) is 0.312. The van der Waals surface area contributed by atoms with Crippen LogP contribution in [0.25, 0.3) is 5.65 Å². The van der Waals surface area contributed by atoms with Gasteiger partial charge in [0.1, 0.15) is 10.7 Å². The third-order valence-electron chi connectivity index (χ3n) is 3.92. The number of nitrogens with zero attached hydrogens (tertiary/aromatic N) is 4. The molecule has 6 heteroatoms. The van der Waals surface area contributed by atoms with Crippen molar-refractivity contribution in [2.24, 2.45) is 0 Å². The number of aromatic nitrogens is 3. The molecule has 0 radical (unpaired) electrons. The van der Waals surface area contributed by atoms with Crippen LogP contribution in [0.2, 0.25) is 0 Å². The van der Waals surface area contributed by atoms with Gasteiger partial charge in [0.2, 0.25) is 5.91 Å². The average Bonchev–Trinajstić information content (AvgIpc) is 3.16. The van der Waals surface area contributed by atoms with Gasteiger partial charge in [0.05, 0.1) is 18.2 Å². The van der Waals surface area contributed by atoms with E-state index in [-0.39, 0.29) is 11.9 Å². The third kappa shape index (κ3) is 2.62. The molecule has 3 heterocycles. The van der Waals surface area contributed by atoms with E-state index in [4.69, 9.17) is 0 Å². The molecule has 0 aliphatic heterocycles. The molecule has 3 aromatic rings. The summed E-state index contributed by atoms with van der Waals surface area (Å²) in [6.45, 7) is 4.01. The fourth-order valence-electron chi connectivity index (χ4n) is 2.44. The van der Waals surface area contributed by atoms with Crippen LogP contribution in [0, 0.1) is 6.92 Å². The van der Waals surface area contributed by atoms with E-state index >= 15 is 0 Å². The zero-order valence-electron chi connectivity index (χ0n) is 12.9. The minimum Gasteiger partial charge on any atom is -0.336 e. The summed E-state index contributed by atoms with van der Waals surface area (Å²) >= 11 is 1.57. The molecule has 3 aromatic heterocycles. The Morgan fingerprint density at radius 2 is 2.27 bits per heavy atom. The largest absolute Gasteiger partial charge is 0.336 e. The highest BCUT2D eigenvalue weighted by atomic mass is 32.1. The van der Waals surface area contributed by atoms with E-state index in [0.717, 1.165) is 21.9 Å². The van der Waals surface area contributed by atoms with Crippen LogP contribution in [-0.2, 0) is 11.2 Å². The van der Waals surface area contributed by atoms with Crippen LogP contribution in [0.4, 0.5) is 0 Å². The van der Waals surface area contributed by atoms with E-state index in [1.807, 2.05) is 49.0 Å². The lowest BCUT2D eigenvalue weighted by Gasteiger charge is -2.23. The van der Waals surface area contributed by atoms with E-state index in [2.05, 4.69) is 9.97 Å². The molecule has 1 atom stereocenters. The van der Waals surface area contributed by atoms with Crippen LogP contribution in [0.1, 0.15) is 29.2 Å². The number of pyridine rings is 1. The summed E-state index contributed by atoms with van der Waals surface area (Å²) in [6.07, 6.45) is 5.82. The van der Waals surface area contributed by atoms with Gasteiger partial charge in [-0.2, -0.15) is 0 Å². The van der Waals surface area contributed by atoms with Crippen LogP contribution >= 0.6 is 11.3 Å². The summed E-state index contributed by atoms with van der Waals surface area (Å²) in [7, 11) is 1.82. The van der Waals surface area contributed by atoms with Gasteiger partial charge in [-0.1, -0.05) is 6.07 Å². The molecular formula is C16H18N4OS. The van der Waals surface area contributed by atoms with Crippen molar-refractivity contribution in [3.05, 3.63) is 52.4 Å². The van der Waals surface area contributed by atoms with Crippen molar-refractivity contribution in [2.45, 2.75) is 26.3 Å². The first-order valence-electron chi connectivity index (χ1n) is 7.14. The molecule has 0 bridgehead atoms. The second kappa shape index (κ2) is 5.88. The molecule has 3 rings (SSSR count). The van der Waals surface area contributed by atoms with E-state index in [9.17, 15) is 4.79 Å². The van der Waals surface area contributed by atoms with Crippen LogP contribution < -0.4 is 0 Å². The molecule has 0 spiro atoms. The second-order valence-electron chi connectivity index (χ2n) is 5.36. The first kappa shape index (κ1) is 14.7. The van der Waals surface area contributed by atoms with Crippen molar-refractivity contribution >= 4 is 22.9 Å². The normalized spacial score (nSPS) is 12.5. The highest BCUT2D eigenvalue weighted by Gasteiger charge is 2.20. The first-order valence-corrected chi connectivity index (χ1v) is 8.02. The topological polar surface area (TPSA) is 50.5 Å². The zero-order chi connectivity index (χ0) is 15.7. The predicted molar refractivity (Wildman–Crippen MR) is 86.9 cm³/mol. The Kier molecular flexibility index (Phi) is 3.94. The summed E-state index contributed by atoms with van der Waals surface area (Å²) in [5, 5.41) is 2.88. The molecule has 114 valence electrons. The van der Waals surface area contributed by atoms with E-state index in [0.29, 0.717) is 6.42 Å². The van der Waals surface area contributed by atoms with Gasteiger partial charge in [0.15, 0.2) is 0 Å². The molecule has 0 unspecified atom stereocenters. The predicted octanol–water partition coefficient (Wildman–Crippen LogP) is 2.86. The van der Waals surface area contributed by atoms with Crippen molar-refractivity contribution in [3.8, 4) is 0 Å². The number of hydrogen-bond donors (Lipinski definition) is 0. The fourth-order valence-corrected chi connectivity index (χ4v) is 3.17. The Labute approximate surface area is 133 Å². The van der Waals surface area contributed by atoms with Crippen LogP contribution in [-0.4, -0.2) is 32.2 Å². The number of rotatable bonds is 4. The maximum Gasteiger partial charge on any atom is 0.228 e. The van der Waals surface area contributed by atoms with Crippen molar-refractivity contribution < 1.29 is 4.79 Å². The molecule has 1 amide bonds. The van der Waals surface area contributed by atoms with Gasteiger partial charge in [-0.25, -0.2) is 9.97 Å². The maximum atomic E-state index is 12.5.